The lowest BCUT2D eigenvalue weighted by molar-refractivity contribution is -0.119. The molecule has 0 unspecified atom stereocenters. The number of nitrogens with one attached hydrogen (secondary N) is 1. The zero-order valence-corrected chi connectivity index (χ0v) is 16.6. The van der Waals surface area contributed by atoms with Gasteiger partial charge < -0.3 is 24.3 Å². The first-order chi connectivity index (χ1) is 12.4. The Labute approximate surface area is 157 Å². The second-order valence-electron chi connectivity index (χ2n) is 6.49. The SMILES string of the molecule is CC(C)COCCOCCOCCOCCNC(=O)/C=C\C(=O)C(C)C. The van der Waals surface area contributed by atoms with Gasteiger partial charge in [0.05, 0.1) is 46.2 Å². The van der Waals surface area contributed by atoms with Crippen LogP contribution in [0.5, 0.6) is 0 Å². The molecule has 0 radical (unpaired) electrons. The van der Waals surface area contributed by atoms with Gasteiger partial charge in [-0.25, -0.2) is 0 Å². The van der Waals surface area contributed by atoms with Crippen molar-refractivity contribution in [1.82, 2.24) is 5.32 Å². The summed E-state index contributed by atoms with van der Waals surface area (Å²) >= 11 is 0. The molecular formula is C19H35NO6. The number of allylic oxidation sites excluding steroid dienone is 1. The fourth-order valence-electron chi connectivity index (χ4n) is 1.63. The normalized spacial score (nSPS) is 11.6. The second-order valence-corrected chi connectivity index (χ2v) is 6.49. The molecule has 0 spiro atoms. The predicted octanol–water partition coefficient (Wildman–Crippen LogP) is 1.61. The molecule has 0 aliphatic rings. The highest BCUT2D eigenvalue weighted by molar-refractivity contribution is 5.98. The number of carbonyl (C=O) groups is 2. The van der Waals surface area contributed by atoms with E-state index in [0.717, 1.165) is 6.61 Å². The highest BCUT2D eigenvalue weighted by atomic mass is 16.6. The third-order valence-corrected chi connectivity index (χ3v) is 3.08. The predicted molar refractivity (Wildman–Crippen MR) is 100 cm³/mol. The maximum absolute atomic E-state index is 11.5. The van der Waals surface area contributed by atoms with Gasteiger partial charge >= 0.3 is 0 Å². The van der Waals surface area contributed by atoms with Crippen LogP contribution in [-0.2, 0) is 28.5 Å². The van der Waals surface area contributed by atoms with Crippen LogP contribution in [0.4, 0.5) is 0 Å². The molecule has 0 aromatic rings. The van der Waals surface area contributed by atoms with Crippen molar-refractivity contribution in [3.05, 3.63) is 12.2 Å². The van der Waals surface area contributed by atoms with Crippen molar-refractivity contribution < 1.29 is 28.5 Å². The van der Waals surface area contributed by atoms with E-state index in [1.807, 2.05) is 0 Å². The Morgan fingerprint density at radius 1 is 0.769 bits per heavy atom. The van der Waals surface area contributed by atoms with Crippen molar-refractivity contribution in [1.29, 1.82) is 0 Å². The van der Waals surface area contributed by atoms with Gasteiger partial charge in [0.1, 0.15) is 0 Å². The second kappa shape index (κ2) is 17.1. The molecule has 0 bridgehead atoms. The van der Waals surface area contributed by atoms with Gasteiger partial charge in [0.15, 0.2) is 5.78 Å². The molecule has 0 aromatic carbocycles. The summed E-state index contributed by atoms with van der Waals surface area (Å²) in [7, 11) is 0. The Hall–Kier alpha value is -1.28. The third-order valence-electron chi connectivity index (χ3n) is 3.08. The molecule has 0 saturated heterocycles. The van der Waals surface area contributed by atoms with E-state index in [1.54, 1.807) is 13.8 Å². The summed E-state index contributed by atoms with van der Waals surface area (Å²) in [5.41, 5.74) is 0. The fourth-order valence-corrected chi connectivity index (χ4v) is 1.63. The Morgan fingerprint density at radius 3 is 1.77 bits per heavy atom. The molecule has 0 rings (SSSR count). The van der Waals surface area contributed by atoms with Crippen molar-refractivity contribution in [3.63, 3.8) is 0 Å². The maximum atomic E-state index is 11.5. The van der Waals surface area contributed by atoms with E-state index in [4.69, 9.17) is 18.9 Å². The molecule has 152 valence electrons. The average Bonchev–Trinajstić information content (AvgIpc) is 2.59. The number of carbonyl (C=O) groups excluding carboxylic acids is 2. The van der Waals surface area contributed by atoms with E-state index in [9.17, 15) is 9.59 Å². The van der Waals surface area contributed by atoms with Crippen LogP contribution in [0.3, 0.4) is 0 Å². The smallest absolute Gasteiger partial charge is 0.244 e. The number of rotatable bonds is 17. The van der Waals surface area contributed by atoms with Crippen LogP contribution in [0.25, 0.3) is 0 Å². The van der Waals surface area contributed by atoms with Crippen molar-refractivity contribution in [2.75, 3.05) is 59.4 Å². The lowest BCUT2D eigenvalue weighted by Gasteiger charge is -2.08. The van der Waals surface area contributed by atoms with Crippen LogP contribution < -0.4 is 5.32 Å². The molecular weight excluding hydrogens is 338 g/mol. The largest absolute Gasteiger partial charge is 0.379 e. The Morgan fingerprint density at radius 2 is 1.27 bits per heavy atom. The molecule has 0 fully saturated rings. The first-order valence-corrected chi connectivity index (χ1v) is 9.24. The van der Waals surface area contributed by atoms with Gasteiger partial charge in [-0.15, -0.1) is 0 Å². The molecule has 7 heteroatoms. The first-order valence-electron chi connectivity index (χ1n) is 9.24. The minimum Gasteiger partial charge on any atom is -0.379 e. The zero-order valence-electron chi connectivity index (χ0n) is 16.6. The quantitative estimate of drug-likeness (QED) is 0.308. The van der Waals surface area contributed by atoms with E-state index in [-0.39, 0.29) is 17.6 Å². The van der Waals surface area contributed by atoms with Crippen molar-refractivity contribution in [2.45, 2.75) is 27.7 Å². The van der Waals surface area contributed by atoms with Crippen LogP contribution in [0, 0.1) is 11.8 Å². The molecule has 0 heterocycles. The minimum atomic E-state index is -0.298. The minimum absolute atomic E-state index is 0.0689. The van der Waals surface area contributed by atoms with Crippen LogP contribution in [0.1, 0.15) is 27.7 Å². The topological polar surface area (TPSA) is 83.1 Å². The Balaban J connectivity index is 3.29. The molecule has 1 amide bonds. The lowest BCUT2D eigenvalue weighted by atomic mass is 10.1. The van der Waals surface area contributed by atoms with Crippen LogP contribution in [0.2, 0.25) is 0 Å². The molecule has 1 N–H and O–H groups in total. The number of amides is 1. The summed E-state index contributed by atoms with van der Waals surface area (Å²) in [6.45, 7) is 12.5. The number of ketones is 1. The molecule has 0 saturated carbocycles. The molecule has 26 heavy (non-hydrogen) atoms. The molecule has 0 aromatic heterocycles. The van der Waals surface area contributed by atoms with Crippen LogP contribution in [-0.4, -0.2) is 71.1 Å². The highest BCUT2D eigenvalue weighted by Crippen LogP contribution is 1.94. The summed E-state index contributed by atoms with van der Waals surface area (Å²) in [5.74, 6) is 0.0668. The van der Waals surface area contributed by atoms with Gasteiger partial charge in [-0.05, 0) is 12.0 Å². The Bertz CT molecular complexity index is 395. The van der Waals surface area contributed by atoms with Gasteiger partial charge in [-0.1, -0.05) is 27.7 Å². The summed E-state index contributed by atoms with van der Waals surface area (Å²) in [6, 6.07) is 0. The van der Waals surface area contributed by atoms with Crippen molar-refractivity contribution in [3.8, 4) is 0 Å². The third kappa shape index (κ3) is 17.5. The molecule has 0 aliphatic heterocycles. The molecule has 0 atom stereocenters. The maximum Gasteiger partial charge on any atom is 0.244 e. The van der Waals surface area contributed by atoms with Crippen LogP contribution >= 0.6 is 0 Å². The van der Waals surface area contributed by atoms with E-state index >= 15 is 0 Å². The van der Waals surface area contributed by atoms with Gasteiger partial charge in [-0.2, -0.15) is 0 Å². The van der Waals surface area contributed by atoms with Gasteiger partial charge in [-0.3, -0.25) is 9.59 Å². The standard InChI is InChI=1S/C19H35NO6/c1-16(2)15-26-14-13-25-12-11-24-10-9-23-8-7-20-19(22)6-5-18(21)17(3)4/h5-6,16-17H,7-15H2,1-4H3,(H,20,22)/b6-5-. The summed E-state index contributed by atoms with van der Waals surface area (Å²) in [4.78, 5) is 22.8. The summed E-state index contributed by atoms with van der Waals surface area (Å²) in [6.07, 6.45) is 2.55. The van der Waals surface area contributed by atoms with Crippen molar-refractivity contribution in [2.24, 2.45) is 11.8 Å². The van der Waals surface area contributed by atoms with E-state index in [0.29, 0.717) is 58.7 Å². The van der Waals surface area contributed by atoms with E-state index in [2.05, 4.69) is 19.2 Å². The van der Waals surface area contributed by atoms with Gasteiger partial charge in [0.25, 0.3) is 0 Å². The van der Waals surface area contributed by atoms with E-state index < -0.39 is 0 Å². The average molecular weight is 373 g/mol. The lowest BCUT2D eigenvalue weighted by Crippen LogP contribution is -2.26. The number of hydrogen-bond acceptors (Lipinski definition) is 6. The molecule has 7 nitrogen and oxygen atoms in total. The highest BCUT2D eigenvalue weighted by Gasteiger charge is 2.03. The monoisotopic (exact) mass is 373 g/mol. The zero-order chi connectivity index (χ0) is 19.6. The van der Waals surface area contributed by atoms with E-state index in [1.165, 1.54) is 12.2 Å². The fraction of sp³-hybridized carbons (Fsp3) is 0.789. The van der Waals surface area contributed by atoms with Gasteiger partial charge in [0.2, 0.25) is 5.91 Å². The first kappa shape index (κ1) is 24.7. The molecule has 0 aliphatic carbocycles. The summed E-state index contributed by atoms with van der Waals surface area (Å²) < 4.78 is 21.5. The van der Waals surface area contributed by atoms with Crippen molar-refractivity contribution >= 4 is 11.7 Å². The van der Waals surface area contributed by atoms with Crippen LogP contribution in [0.15, 0.2) is 12.2 Å². The Kier molecular flexibility index (Phi) is 16.3. The van der Waals surface area contributed by atoms with Gasteiger partial charge in [0, 0.05) is 25.1 Å². The summed E-state index contributed by atoms with van der Waals surface area (Å²) in [5, 5.41) is 2.64. The number of ether oxygens (including phenoxy) is 4. The number of hydrogen-bond donors (Lipinski definition) is 1.